The molecule has 2 rings (SSSR count). The topological polar surface area (TPSA) is 21.3 Å². The molecule has 1 N–H and O–H groups in total. The van der Waals surface area contributed by atoms with Crippen LogP contribution in [0.1, 0.15) is 42.5 Å². The van der Waals surface area contributed by atoms with Crippen molar-refractivity contribution >= 4 is 0 Å². The summed E-state index contributed by atoms with van der Waals surface area (Å²) in [5.41, 5.74) is 4.03. The van der Waals surface area contributed by atoms with Crippen LogP contribution in [0.5, 0.6) is 0 Å². The summed E-state index contributed by atoms with van der Waals surface area (Å²) in [7, 11) is 0. The molecule has 0 aromatic heterocycles. The van der Waals surface area contributed by atoms with Crippen LogP contribution in [-0.4, -0.2) is 13.2 Å². The van der Waals surface area contributed by atoms with E-state index in [1.54, 1.807) is 0 Å². The lowest BCUT2D eigenvalue weighted by Gasteiger charge is -2.27. The number of nitrogens with one attached hydrogen (secondary N) is 1. The molecule has 0 amide bonds. The second kappa shape index (κ2) is 6.05. The maximum absolute atomic E-state index is 5.86. The van der Waals surface area contributed by atoms with Gasteiger partial charge in [-0.3, -0.25) is 0 Å². The third kappa shape index (κ3) is 2.75. The van der Waals surface area contributed by atoms with Crippen LogP contribution < -0.4 is 5.32 Å². The summed E-state index contributed by atoms with van der Waals surface area (Å²) in [4.78, 5) is 0. The summed E-state index contributed by atoms with van der Waals surface area (Å²) < 4.78 is 5.86. The highest BCUT2D eigenvalue weighted by molar-refractivity contribution is 5.39. The average Bonchev–Trinajstić information content (AvgIpc) is 2.38. The normalized spacial score (nSPS) is 16.9. The van der Waals surface area contributed by atoms with E-state index in [1.807, 2.05) is 0 Å². The standard InChI is InChI=1S/C16H23NO/c1-4-17-16(14-10-5-6-11-18-14)15-12(2)8-7-9-13(15)3/h7-10,16-17H,4-6,11H2,1-3H3. The van der Waals surface area contributed by atoms with Gasteiger partial charge in [0.2, 0.25) is 0 Å². The zero-order valence-electron chi connectivity index (χ0n) is 11.6. The van der Waals surface area contributed by atoms with Crippen molar-refractivity contribution in [1.82, 2.24) is 5.32 Å². The number of allylic oxidation sites excluding steroid dienone is 1. The maximum Gasteiger partial charge on any atom is 0.113 e. The highest BCUT2D eigenvalue weighted by Crippen LogP contribution is 2.30. The van der Waals surface area contributed by atoms with Crippen molar-refractivity contribution in [3.8, 4) is 0 Å². The molecule has 0 spiro atoms. The predicted octanol–water partition coefficient (Wildman–Crippen LogP) is 3.65. The monoisotopic (exact) mass is 245 g/mol. The minimum atomic E-state index is 0.205. The third-order valence-electron chi connectivity index (χ3n) is 3.49. The molecule has 0 bridgehead atoms. The van der Waals surface area contributed by atoms with Gasteiger partial charge < -0.3 is 10.1 Å². The molecular weight excluding hydrogens is 222 g/mol. The lowest BCUT2D eigenvalue weighted by Crippen LogP contribution is -2.26. The van der Waals surface area contributed by atoms with Gasteiger partial charge in [-0.15, -0.1) is 0 Å². The Morgan fingerprint density at radius 3 is 2.56 bits per heavy atom. The molecule has 1 aromatic carbocycles. The molecule has 0 radical (unpaired) electrons. The first kappa shape index (κ1) is 13.2. The zero-order chi connectivity index (χ0) is 13.0. The third-order valence-corrected chi connectivity index (χ3v) is 3.49. The van der Waals surface area contributed by atoms with Gasteiger partial charge in [-0.25, -0.2) is 0 Å². The van der Waals surface area contributed by atoms with E-state index in [2.05, 4.69) is 50.4 Å². The van der Waals surface area contributed by atoms with Gasteiger partial charge in [-0.2, -0.15) is 0 Å². The Bertz CT molecular complexity index is 416. The molecule has 1 aliphatic heterocycles. The van der Waals surface area contributed by atoms with E-state index in [-0.39, 0.29) is 6.04 Å². The molecular formula is C16H23NO. The number of rotatable bonds is 4. The van der Waals surface area contributed by atoms with E-state index in [4.69, 9.17) is 4.74 Å². The van der Waals surface area contributed by atoms with Crippen LogP contribution in [0.25, 0.3) is 0 Å². The van der Waals surface area contributed by atoms with Gasteiger partial charge >= 0.3 is 0 Å². The molecule has 1 unspecified atom stereocenters. The Morgan fingerprint density at radius 2 is 2.00 bits per heavy atom. The second-order valence-electron chi connectivity index (χ2n) is 4.89. The first-order chi connectivity index (χ1) is 8.74. The van der Waals surface area contributed by atoms with E-state index in [9.17, 15) is 0 Å². The highest BCUT2D eigenvalue weighted by atomic mass is 16.5. The summed E-state index contributed by atoms with van der Waals surface area (Å²) in [6.45, 7) is 8.29. The van der Waals surface area contributed by atoms with Crippen LogP contribution in [0.3, 0.4) is 0 Å². The van der Waals surface area contributed by atoms with Gasteiger partial charge in [-0.05, 0) is 56.0 Å². The molecule has 1 heterocycles. The molecule has 0 saturated carbocycles. The molecule has 1 atom stereocenters. The van der Waals surface area contributed by atoms with Crippen LogP contribution in [0.4, 0.5) is 0 Å². The number of hydrogen-bond donors (Lipinski definition) is 1. The number of likely N-dealkylation sites (N-methyl/N-ethyl adjacent to an activating group) is 1. The Morgan fingerprint density at radius 1 is 1.28 bits per heavy atom. The largest absolute Gasteiger partial charge is 0.496 e. The Kier molecular flexibility index (Phi) is 4.43. The first-order valence-electron chi connectivity index (χ1n) is 6.86. The average molecular weight is 245 g/mol. The molecule has 1 aliphatic rings. The van der Waals surface area contributed by atoms with E-state index >= 15 is 0 Å². The van der Waals surface area contributed by atoms with Crippen LogP contribution in [0.15, 0.2) is 30.0 Å². The lowest BCUT2D eigenvalue weighted by atomic mass is 9.94. The fourth-order valence-corrected chi connectivity index (χ4v) is 2.61. The number of hydrogen-bond acceptors (Lipinski definition) is 2. The van der Waals surface area contributed by atoms with Crippen LogP contribution in [0.2, 0.25) is 0 Å². The molecule has 0 fully saturated rings. The van der Waals surface area contributed by atoms with Gasteiger partial charge in [0.15, 0.2) is 0 Å². The Balaban J connectivity index is 2.37. The number of aryl methyl sites for hydroxylation is 2. The van der Waals surface area contributed by atoms with Crippen molar-refractivity contribution in [2.45, 2.75) is 39.7 Å². The Hall–Kier alpha value is -1.28. The quantitative estimate of drug-likeness (QED) is 0.874. The van der Waals surface area contributed by atoms with Crippen molar-refractivity contribution in [2.24, 2.45) is 0 Å². The fraction of sp³-hybridized carbons (Fsp3) is 0.500. The van der Waals surface area contributed by atoms with Gasteiger partial charge in [0.05, 0.1) is 12.6 Å². The predicted molar refractivity (Wildman–Crippen MR) is 75.6 cm³/mol. The van der Waals surface area contributed by atoms with Crippen LogP contribution in [-0.2, 0) is 4.74 Å². The van der Waals surface area contributed by atoms with E-state index in [0.717, 1.165) is 31.8 Å². The van der Waals surface area contributed by atoms with Crippen LogP contribution in [0, 0.1) is 13.8 Å². The zero-order valence-corrected chi connectivity index (χ0v) is 11.6. The highest BCUT2D eigenvalue weighted by Gasteiger charge is 2.21. The molecule has 18 heavy (non-hydrogen) atoms. The van der Waals surface area contributed by atoms with Gasteiger partial charge in [0.25, 0.3) is 0 Å². The second-order valence-corrected chi connectivity index (χ2v) is 4.89. The molecule has 2 nitrogen and oxygen atoms in total. The SMILES string of the molecule is CCNC(C1=CCCCO1)c1c(C)cccc1C. The van der Waals surface area contributed by atoms with E-state index < -0.39 is 0 Å². The lowest BCUT2D eigenvalue weighted by molar-refractivity contribution is 0.168. The van der Waals surface area contributed by atoms with Gasteiger partial charge in [0.1, 0.15) is 5.76 Å². The minimum Gasteiger partial charge on any atom is -0.496 e. The number of ether oxygens (including phenoxy) is 1. The minimum absolute atomic E-state index is 0.205. The molecule has 98 valence electrons. The maximum atomic E-state index is 5.86. The Labute approximate surface area is 110 Å². The summed E-state index contributed by atoms with van der Waals surface area (Å²) in [6.07, 6.45) is 4.50. The molecule has 2 heteroatoms. The van der Waals surface area contributed by atoms with Gasteiger partial charge in [-0.1, -0.05) is 25.1 Å². The van der Waals surface area contributed by atoms with Crippen LogP contribution >= 0.6 is 0 Å². The fourth-order valence-electron chi connectivity index (χ4n) is 2.61. The van der Waals surface area contributed by atoms with Gasteiger partial charge in [0, 0.05) is 0 Å². The summed E-state index contributed by atoms with van der Waals surface area (Å²) >= 11 is 0. The summed E-state index contributed by atoms with van der Waals surface area (Å²) in [5, 5.41) is 3.56. The van der Waals surface area contributed by atoms with Crippen molar-refractivity contribution in [2.75, 3.05) is 13.2 Å². The molecule has 1 aromatic rings. The van der Waals surface area contributed by atoms with Crippen molar-refractivity contribution in [3.63, 3.8) is 0 Å². The molecule has 0 aliphatic carbocycles. The van der Waals surface area contributed by atoms with Crippen molar-refractivity contribution in [1.29, 1.82) is 0 Å². The summed E-state index contributed by atoms with van der Waals surface area (Å²) in [5.74, 6) is 1.10. The van der Waals surface area contributed by atoms with E-state index in [1.165, 1.54) is 16.7 Å². The summed E-state index contributed by atoms with van der Waals surface area (Å²) in [6, 6.07) is 6.68. The molecule has 0 saturated heterocycles. The van der Waals surface area contributed by atoms with Crippen molar-refractivity contribution in [3.05, 3.63) is 46.7 Å². The van der Waals surface area contributed by atoms with E-state index in [0.29, 0.717) is 0 Å². The smallest absolute Gasteiger partial charge is 0.113 e. The first-order valence-corrected chi connectivity index (χ1v) is 6.86. The number of benzene rings is 1. The van der Waals surface area contributed by atoms with Crippen molar-refractivity contribution < 1.29 is 4.74 Å².